The molecule has 1 aliphatic rings. The predicted molar refractivity (Wildman–Crippen MR) is 111 cm³/mol. The quantitative estimate of drug-likeness (QED) is 0.229. The molecule has 0 bridgehead atoms. The van der Waals surface area contributed by atoms with Gasteiger partial charge >= 0.3 is 29.5 Å². The fourth-order valence-electron chi connectivity index (χ4n) is 2.92. The molecular weight excluding hydrogens is 541 g/mol. The van der Waals surface area contributed by atoms with E-state index in [1.807, 2.05) is 6.92 Å². The van der Waals surface area contributed by atoms with Gasteiger partial charge in [-0.25, -0.2) is 18.5 Å². The maximum Gasteiger partial charge on any atom is 0.490 e. The lowest BCUT2D eigenvalue weighted by Crippen LogP contribution is -2.32. The summed E-state index contributed by atoms with van der Waals surface area (Å²) in [6.45, 7) is 1.07. The zero-order valence-corrected chi connectivity index (χ0v) is 20.2. The topological polar surface area (TPSA) is 278 Å². The van der Waals surface area contributed by atoms with Crippen molar-refractivity contribution in [3.8, 4) is 0 Å². The highest BCUT2D eigenvalue weighted by atomic mass is 31.3. The highest BCUT2D eigenvalue weighted by Gasteiger charge is 2.41. The summed E-state index contributed by atoms with van der Waals surface area (Å²) in [4.78, 5) is 60.4. The molecule has 0 aromatic carbocycles. The van der Waals surface area contributed by atoms with Crippen LogP contribution in [0.2, 0.25) is 0 Å². The van der Waals surface area contributed by atoms with Gasteiger partial charge in [0.1, 0.15) is 5.52 Å². The number of aryl methyl sites for hydroxylation is 1. The van der Waals surface area contributed by atoms with E-state index in [0.29, 0.717) is 23.2 Å². The van der Waals surface area contributed by atoms with Crippen LogP contribution in [-0.2, 0) is 38.0 Å². The number of amides is 1. The fourth-order valence-corrected chi connectivity index (χ4v) is 5.95. The second kappa shape index (κ2) is 10.2. The average Bonchev–Trinajstić information content (AvgIpc) is 3.30. The first-order valence-electron chi connectivity index (χ1n) is 9.41. The van der Waals surface area contributed by atoms with E-state index in [4.69, 9.17) is 25.2 Å². The first-order chi connectivity index (χ1) is 16.1. The van der Waals surface area contributed by atoms with E-state index >= 15 is 0 Å². The molecule has 1 saturated heterocycles. The third kappa shape index (κ3) is 6.87. The Morgan fingerprint density at radius 3 is 2.46 bits per heavy atom. The smallest absolute Gasteiger partial charge is 0.350 e. The molecule has 1 aliphatic heterocycles. The van der Waals surface area contributed by atoms with Crippen molar-refractivity contribution in [2.24, 2.45) is 5.73 Å². The van der Waals surface area contributed by atoms with E-state index in [2.05, 4.69) is 28.6 Å². The molecule has 3 heterocycles. The number of primary amides is 1. The molecule has 2 aromatic heterocycles. The lowest BCUT2D eigenvalue weighted by atomic mass is 10.2. The largest absolute Gasteiger partial charge is 0.490 e. The maximum atomic E-state index is 13.0. The van der Waals surface area contributed by atoms with Crippen molar-refractivity contribution >= 4 is 40.5 Å². The second-order valence-electron chi connectivity index (χ2n) is 6.82. The first kappa shape index (κ1) is 27.7. The highest BCUT2D eigenvalue weighted by molar-refractivity contribution is 7.66. The molecule has 4 atom stereocenters. The van der Waals surface area contributed by atoms with Crippen LogP contribution >= 0.6 is 23.5 Å². The summed E-state index contributed by atoms with van der Waals surface area (Å²) in [6.07, 6.45) is 1.29. The van der Waals surface area contributed by atoms with Gasteiger partial charge in [0, 0.05) is 12.8 Å². The Morgan fingerprint density at radius 2 is 1.86 bits per heavy atom. The Hall–Kier alpha value is -1.88. The second-order valence-corrected chi connectivity index (χ2v) is 11.2. The Labute approximate surface area is 195 Å². The van der Waals surface area contributed by atoms with Crippen LogP contribution in [-0.4, -0.2) is 63.1 Å². The summed E-state index contributed by atoms with van der Waals surface area (Å²) in [5.41, 5.74) is 4.66. The SMILES string of the molecule is CCCc1nn(C(N)=O)c2c(=O)n(C3[CH][CH]C(COP(=O)(O)OP(=O)(O)OP(=O)(O)O)O3)nnc12. The number of carbonyl (C=O) groups excluding carboxylic acids is 1. The van der Waals surface area contributed by atoms with Crippen LogP contribution in [0.25, 0.3) is 11.0 Å². The van der Waals surface area contributed by atoms with Crippen molar-refractivity contribution in [1.29, 1.82) is 0 Å². The predicted octanol–water partition coefficient (Wildman–Crippen LogP) is -0.483. The van der Waals surface area contributed by atoms with E-state index in [1.165, 1.54) is 12.8 Å². The number of phosphoric acid groups is 3. The summed E-state index contributed by atoms with van der Waals surface area (Å²) in [5.74, 6) is 0. The van der Waals surface area contributed by atoms with Gasteiger partial charge in [0.2, 0.25) is 0 Å². The van der Waals surface area contributed by atoms with Gasteiger partial charge in [0.15, 0.2) is 11.7 Å². The van der Waals surface area contributed by atoms with Crippen molar-refractivity contribution < 1.29 is 55.9 Å². The number of phosphoric ester groups is 1. The minimum absolute atomic E-state index is 0.0816. The Bertz CT molecular complexity index is 1320. The maximum absolute atomic E-state index is 13.0. The minimum atomic E-state index is -5.67. The number of hydrogen-bond acceptors (Lipinski definition) is 12. The molecule has 2 aromatic rings. The number of fused-ring (bicyclic) bond motifs is 1. The average molecular weight is 560 g/mol. The van der Waals surface area contributed by atoms with Gasteiger partial charge in [0.25, 0.3) is 5.56 Å². The van der Waals surface area contributed by atoms with Crippen LogP contribution in [0.3, 0.4) is 0 Å². The van der Waals surface area contributed by atoms with Crippen LogP contribution in [0, 0.1) is 12.8 Å². The van der Waals surface area contributed by atoms with Gasteiger partial charge in [-0.05, 0) is 6.42 Å². The first-order valence-corrected chi connectivity index (χ1v) is 13.9. The van der Waals surface area contributed by atoms with Crippen LogP contribution in [0.5, 0.6) is 0 Å². The summed E-state index contributed by atoms with van der Waals surface area (Å²) >= 11 is 0. The van der Waals surface area contributed by atoms with E-state index in [9.17, 15) is 28.2 Å². The van der Waals surface area contributed by atoms with E-state index < -0.39 is 54.0 Å². The van der Waals surface area contributed by atoms with Gasteiger partial charge in [-0.1, -0.05) is 18.6 Å². The molecule has 6 N–H and O–H groups in total. The van der Waals surface area contributed by atoms with Crippen molar-refractivity contribution in [1.82, 2.24) is 24.8 Å². The van der Waals surface area contributed by atoms with Gasteiger partial charge in [0.05, 0.1) is 18.4 Å². The van der Waals surface area contributed by atoms with Crippen LogP contribution in [0.1, 0.15) is 25.3 Å². The third-order valence-corrected chi connectivity index (χ3v) is 7.94. The normalized spacial score (nSPS) is 22.2. The number of rotatable bonds is 10. The monoisotopic (exact) mass is 560 g/mol. The van der Waals surface area contributed by atoms with Crippen LogP contribution in [0.4, 0.5) is 4.79 Å². The number of hydrogen-bond donors (Lipinski definition) is 5. The zero-order chi connectivity index (χ0) is 26.2. The molecule has 1 fully saturated rings. The van der Waals surface area contributed by atoms with Crippen molar-refractivity contribution in [2.75, 3.05) is 6.61 Å². The lowest BCUT2D eigenvalue weighted by Gasteiger charge is -2.18. The Kier molecular flexibility index (Phi) is 8.10. The van der Waals surface area contributed by atoms with Gasteiger partial charge in [-0.3, -0.25) is 9.32 Å². The standard InChI is InChI=1S/C13H19N6O13P3/c1-2-3-8-10-11(19(16-8)13(14)21)12(20)18(17-15-10)9-5-4-7(30-9)6-29-34(25,26)32-35(27,28)31-33(22,23)24/h4-5,7,9H,2-3,6H2,1H3,(H2,14,21)(H,25,26)(H,27,28)(H2,22,23,24). The molecule has 35 heavy (non-hydrogen) atoms. The number of nitrogens with two attached hydrogens (primary N) is 1. The van der Waals surface area contributed by atoms with Crippen molar-refractivity contribution in [3.63, 3.8) is 0 Å². The van der Waals surface area contributed by atoms with Gasteiger partial charge in [-0.15, -0.1) is 5.10 Å². The van der Waals surface area contributed by atoms with Gasteiger partial charge < -0.3 is 30.0 Å². The molecular formula is C13H19N6O13P3. The summed E-state index contributed by atoms with van der Waals surface area (Å²) in [5, 5.41) is 11.7. The molecule has 0 aliphatic carbocycles. The molecule has 19 nitrogen and oxygen atoms in total. The molecule has 0 saturated carbocycles. The summed E-state index contributed by atoms with van der Waals surface area (Å²) in [6, 6.07) is -1.02. The lowest BCUT2D eigenvalue weighted by molar-refractivity contribution is -0.0168. The molecule has 194 valence electrons. The zero-order valence-electron chi connectivity index (χ0n) is 17.5. The number of carbonyl (C=O) groups is 1. The van der Waals surface area contributed by atoms with Gasteiger partial charge in [-0.2, -0.15) is 23.1 Å². The van der Waals surface area contributed by atoms with E-state index in [1.54, 1.807) is 0 Å². The molecule has 0 spiro atoms. The fraction of sp³-hybridized carbons (Fsp3) is 0.462. The Balaban J connectivity index is 1.72. The number of ether oxygens (including phenoxy) is 1. The summed E-state index contributed by atoms with van der Waals surface area (Å²) in [7, 11) is -16.6. The summed E-state index contributed by atoms with van der Waals surface area (Å²) < 4.78 is 52.4. The minimum Gasteiger partial charge on any atom is -0.350 e. The van der Waals surface area contributed by atoms with E-state index in [0.717, 1.165) is 4.68 Å². The molecule has 3 rings (SSSR count). The third-order valence-electron chi connectivity index (χ3n) is 4.14. The molecule has 22 heteroatoms. The van der Waals surface area contributed by atoms with E-state index in [-0.39, 0.29) is 11.0 Å². The van der Waals surface area contributed by atoms with Crippen LogP contribution in [0.15, 0.2) is 4.79 Å². The molecule has 4 unspecified atom stereocenters. The molecule has 2 radical (unpaired) electrons. The molecule has 1 amide bonds. The number of nitrogens with zero attached hydrogens (tertiary/aromatic N) is 5. The number of aromatic nitrogens is 5. The highest BCUT2D eigenvalue weighted by Crippen LogP contribution is 2.66. The van der Waals surface area contributed by atoms with Crippen molar-refractivity contribution in [2.45, 2.75) is 32.1 Å². The Morgan fingerprint density at radius 1 is 1.17 bits per heavy atom. The van der Waals surface area contributed by atoms with Crippen LogP contribution < -0.4 is 11.3 Å². The van der Waals surface area contributed by atoms with Crippen molar-refractivity contribution in [3.05, 3.63) is 28.9 Å².